The lowest BCUT2D eigenvalue weighted by Crippen LogP contribution is -2.33. The Morgan fingerprint density at radius 2 is 2.19 bits per heavy atom. The Labute approximate surface area is 126 Å². The van der Waals surface area contributed by atoms with Crippen LogP contribution in [0, 0.1) is 5.92 Å². The van der Waals surface area contributed by atoms with E-state index in [2.05, 4.69) is 39.8 Å². The monoisotopic (exact) mass is 287 g/mol. The number of aromatic nitrogens is 2. The first kappa shape index (κ1) is 15.4. The molecule has 1 heterocycles. The van der Waals surface area contributed by atoms with Crippen LogP contribution in [0.4, 0.5) is 0 Å². The van der Waals surface area contributed by atoms with Gasteiger partial charge in [-0.15, -0.1) is 0 Å². The lowest BCUT2D eigenvalue weighted by atomic mass is 10.1. The number of para-hydroxylation sites is 2. The van der Waals surface area contributed by atoms with Crippen molar-refractivity contribution >= 4 is 17.0 Å². The number of nitrogens with two attached hydrogens (primary N) is 1. The minimum absolute atomic E-state index is 0.547. The summed E-state index contributed by atoms with van der Waals surface area (Å²) in [5.74, 6) is 1.23. The van der Waals surface area contributed by atoms with Crippen molar-refractivity contribution in [3.63, 3.8) is 0 Å². The third kappa shape index (κ3) is 4.77. The molecule has 0 aliphatic heterocycles. The Bertz CT molecular complexity index is 585. The molecule has 3 N–H and O–H groups in total. The SMILES string of the molecule is CC(C)CCNC(N)=NCCCn1cnc2ccccc21. The Kier molecular flexibility index (Phi) is 5.60. The van der Waals surface area contributed by atoms with E-state index in [1.54, 1.807) is 0 Å². The smallest absolute Gasteiger partial charge is 0.188 e. The second-order valence-electron chi connectivity index (χ2n) is 5.66. The Morgan fingerprint density at radius 1 is 1.38 bits per heavy atom. The predicted molar refractivity (Wildman–Crippen MR) is 88.3 cm³/mol. The molecule has 0 amide bonds. The number of aryl methyl sites for hydroxylation is 1. The van der Waals surface area contributed by atoms with Crippen LogP contribution in [0.5, 0.6) is 0 Å². The highest BCUT2D eigenvalue weighted by atomic mass is 15.1. The third-order valence-corrected chi connectivity index (χ3v) is 3.39. The average Bonchev–Trinajstić information content (AvgIpc) is 2.86. The van der Waals surface area contributed by atoms with Crippen molar-refractivity contribution in [2.24, 2.45) is 16.6 Å². The van der Waals surface area contributed by atoms with Gasteiger partial charge in [-0.2, -0.15) is 0 Å². The average molecular weight is 287 g/mol. The first-order valence-corrected chi connectivity index (χ1v) is 7.60. The molecule has 114 valence electrons. The fourth-order valence-electron chi connectivity index (χ4n) is 2.17. The van der Waals surface area contributed by atoms with Crippen molar-refractivity contribution in [3.05, 3.63) is 30.6 Å². The van der Waals surface area contributed by atoms with Crippen molar-refractivity contribution in [2.45, 2.75) is 33.2 Å². The molecule has 1 aromatic carbocycles. The highest BCUT2D eigenvalue weighted by Crippen LogP contribution is 2.11. The molecule has 0 spiro atoms. The topological polar surface area (TPSA) is 68.2 Å². The molecule has 2 rings (SSSR count). The van der Waals surface area contributed by atoms with Crippen LogP contribution in [0.15, 0.2) is 35.6 Å². The first-order valence-electron chi connectivity index (χ1n) is 7.60. The van der Waals surface area contributed by atoms with E-state index in [1.807, 2.05) is 24.5 Å². The van der Waals surface area contributed by atoms with Crippen LogP contribution in [0.1, 0.15) is 26.7 Å². The maximum absolute atomic E-state index is 5.83. The van der Waals surface area contributed by atoms with Gasteiger partial charge in [0, 0.05) is 19.6 Å². The van der Waals surface area contributed by atoms with Crippen LogP contribution in [-0.2, 0) is 6.54 Å². The molecule has 0 bridgehead atoms. The highest BCUT2D eigenvalue weighted by molar-refractivity contribution is 5.77. The van der Waals surface area contributed by atoms with Crippen molar-refractivity contribution in [1.29, 1.82) is 0 Å². The maximum Gasteiger partial charge on any atom is 0.188 e. The molecular weight excluding hydrogens is 262 g/mol. The van der Waals surface area contributed by atoms with Gasteiger partial charge in [-0.05, 0) is 30.9 Å². The van der Waals surface area contributed by atoms with Crippen molar-refractivity contribution < 1.29 is 0 Å². The van der Waals surface area contributed by atoms with Gasteiger partial charge in [0.25, 0.3) is 0 Å². The van der Waals surface area contributed by atoms with Crippen molar-refractivity contribution in [3.8, 4) is 0 Å². The molecule has 0 radical (unpaired) electrons. The third-order valence-electron chi connectivity index (χ3n) is 3.39. The number of guanidine groups is 1. The summed E-state index contributed by atoms with van der Waals surface area (Å²) in [5, 5.41) is 3.15. The van der Waals surface area contributed by atoms with E-state index in [-0.39, 0.29) is 0 Å². The number of hydrogen-bond acceptors (Lipinski definition) is 2. The Balaban J connectivity index is 1.74. The maximum atomic E-state index is 5.83. The zero-order chi connectivity index (χ0) is 15.1. The van der Waals surface area contributed by atoms with Gasteiger partial charge in [0.05, 0.1) is 17.4 Å². The summed E-state index contributed by atoms with van der Waals surface area (Å²) in [5.41, 5.74) is 8.04. The zero-order valence-corrected chi connectivity index (χ0v) is 12.9. The van der Waals surface area contributed by atoms with Crippen LogP contribution in [0.25, 0.3) is 11.0 Å². The molecule has 2 aromatic rings. The molecule has 5 heteroatoms. The fraction of sp³-hybridized carbons (Fsp3) is 0.500. The standard InChI is InChI=1S/C16H25N5/c1-13(2)8-10-19-16(17)18-9-5-11-21-12-20-14-6-3-4-7-15(14)21/h3-4,6-7,12-13H,5,8-11H2,1-2H3,(H3,17,18,19). The summed E-state index contributed by atoms with van der Waals surface area (Å²) in [6.45, 7) is 6.92. The lowest BCUT2D eigenvalue weighted by Gasteiger charge is -2.07. The summed E-state index contributed by atoms with van der Waals surface area (Å²) in [6, 6.07) is 8.16. The molecule has 0 fully saturated rings. The van der Waals surface area contributed by atoms with Crippen LogP contribution in [-0.4, -0.2) is 28.6 Å². The number of aliphatic imine (C=N–C) groups is 1. The normalized spacial score (nSPS) is 12.2. The van der Waals surface area contributed by atoms with E-state index in [4.69, 9.17) is 5.73 Å². The molecule has 5 nitrogen and oxygen atoms in total. The molecule has 0 saturated heterocycles. The van der Waals surface area contributed by atoms with E-state index in [1.165, 1.54) is 5.52 Å². The number of nitrogens with zero attached hydrogens (tertiary/aromatic N) is 3. The second kappa shape index (κ2) is 7.67. The number of benzene rings is 1. The number of rotatable bonds is 7. The van der Waals surface area contributed by atoms with Crippen LogP contribution >= 0.6 is 0 Å². The van der Waals surface area contributed by atoms with E-state index in [0.717, 1.165) is 38.0 Å². The minimum atomic E-state index is 0.547. The molecule has 21 heavy (non-hydrogen) atoms. The van der Waals surface area contributed by atoms with Crippen LogP contribution in [0.2, 0.25) is 0 Å². The second-order valence-corrected chi connectivity index (χ2v) is 5.66. The van der Waals surface area contributed by atoms with Crippen LogP contribution < -0.4 is 11.1 Å². The first-order chi connectivity index (χ1) is 10.2. The molecule has 0 atom stereocenters. The molecule has 0 aliphatic rings. The molecule has 1 aromatic heterocycles. The number of nitrogens with one attached hydrogen (secondary N) is 1. The minimum Gasteiger partial charge on any atom is -0.370 e. The quantitative estimate of drug-likeness (QED) is 0.467. The largest absolute Gasteiger partial charge is 0.370 e. The Morgan fingerprint density at radius 3 is 3.00 bits per heavy atom. The summed E-state index contributed by atoms with van der Waals surface area (Å²) in [4.78, 5) is 8.73. The lowest BCUT2D eigenvalue weighted by molar-refractivity contribution is 0.576. The summed E-state index contributed by atoms with van der Waals surface area (Å²) >= 11 is 0. The van der Waals surface area contributed by atoms with Gasteiger partial charge in [0.1, 0.15) is 0 Å². The molecule has 0 saturated carbocycles. The van der Waals surface area contributed by atoms with E-state index >= 15 is 0 Å². The zero-order valence-electron chi connectivity index (χ0n) is 12.9. The van der Waals surface area contributed by atoms with Crippen LogP contribution in [0.3, 0.4) is 0 Å². The van der Waals surface area contributed by atoms with Gasteiger partial charge in [-0.3, -0.25) is 4.99 Å². The van der Waals surface area contributed by atoms with Gasteiger partial charge in [-0.25, -0.2) is 4.98 Å². The molecule has 0 unspecified atom stereocenters. The molecular formula is C16H25N5. The van der Waals surface area contributed by atoms with Crippen molar-refractivity contribution in [2.75, 3.05) is 13.1 Å². The Hall–Kier alpha value is -2.04. The predicted octanol–water partition coefficient (Wildman–Crippen LogP) is 2.38. The number of fused-ring (bicyclic) bond motifs is 1. The summed E-state index contributed by atoms with van der Waals surface area (Å²) in [7, 11) is 0. The molecule has 0 aliphatic carbocycles. The van der Waals surface area contributed by atoms with E-state index < -0.39 is 0 Å². The fourth-order valence-corrected chi connectivity index (χ4v) is 2.17. The number of imidazole rings is 1. The van der Waals surface area contributed by atoms with Gasteiger partial charge in [0.15, 0.2) is 5.96 Å². The number of hydrogen-bond donors (Lipinski definition) is 2. The van der Waals surface area contributed by atoms with Gasteiger partial charge < -0.3 is 15.6 Å². The summed E-state index contributed by atoms with van der Waals surface area (Å²) < 4.78 is 2.16. The van der Waals surface area contributed by atoms with Crippen molar-refractivity contribution in [1.82, 2.24) is 14.9 Å². The van der Waals surface area contributed by atoms with E-state index in [0.29, 0.717) is 11.9 Å². The van der Waals surface area contributed by atoms with E-state index in [9.17, 15) is 0 Å². The van der Waals surface area contributed by atoms with Gasteiger partial charge in [0.2, 0.25) is 0 Å². The van der Waals surface area contributed by atoms with Gasteiger partial charge in [-0.1, -0.05) is 26.0 Å². The summed E-state index contributed by atoms with van der Waals surface area (Å²) in [6.07, 6.45) is 3.95. The van der Waals surface area contributed by atoms with Gasteiger partial charge >= 0.3 is 0 Å². The highest BCUT2D eigenvalue weighted by Gasteiger charge is 2.00.